The number of benzene rings is 1. The lowest BCUT2D eigenvalue weighted by Gasteiger charge is -2.42. The summed E-state index contributed by atoms with van der Waals surface area (Å²) < 4.78 is 20.0. The molecule has 1 aliphatic carbocycles. The summed E-state index contributed by atoms with van der Waals surface area (Å²) in [5.74, 6) is 0.685. The highest BCUT2D eigenvalue weighted by molar-refractivity contribution is 5.25. The molecule has 1 aliphatic heterocycles. The monoisotopic (exact) mass is 304 g/mol. The van der Waals surface area contributed by atoms with Crippen molar-refractivity contribution < 1.29 is 9.13 Å². The molecule has 0 bridgehead atoms. The zero-order valence-corrected chi connectivity index (χ0v) is 13.9. The second-order valence-electron chi connectivity index (χ2n) is 7.13. The summed E-state index contributed by atoms with van der Waals surface area (Å²) in [7, 11) is 0. The highest BCUT2D eigenvalue weighted by Gasteiger charge is 2.41. The number of rotatable bonds is 5. The molecule has 2 fully saturated rings. The molecule has 22 heavy (non-hydrogen) atoms. The average molecular weight is 304 g/mol. The molecule has 1 atom stereocenters. The molecule has 122 valence electrons. The maximum Gasteiger partial charge on any atom is 0.126 e. The first kappa shape index (κ1) is 16.0. The van der Waals surface area contributed by atoms with E-state index in [0.29, 0.717) is 0 Å². The summed E-state index contributed by atoms with van der Waals surface area (Å²) in [4.78, 5) is 0. The van der Waals surface area contributed by atoms with Crippen molar-refractivity contribution in [2.75, 3.05) is 6.61 Å². The van der Waals surface area contributed by atoms with Crippen LogP contribution in [0.5, 0.6) is 0 Å². The zero-order chi connectivity index (χ0) is 15.4. The van der Waals surface area contributed by atoms with E-state index in [9.17, 15) is 4.39 Å². The predicted molar refractivity (Wildman–Crippen MR) is 88.6 cm³/mol. The van der Waals surface area contributed by atoms with Gasteiger partial charge in [0.1, 0.15) is 5.82 Å². The van der Waals surface area contributed by atoms with E-state index in [1.807, 2.05) is 13.0 Å². The average Bonchev–Trinajstić information content (AvgIpc) is 3.10. The Labute approximate surface area is 134 Å². The van der Waals surface area contributed by atoms with Crippen LogP contribution in [0.3, 0.4) is 0 Å². The minimum Gasteiger partial charge on any atom is -0.375 e. The molecular formula is C20H29FO. The Morgan fingerprint density at radius 2 is 2.00 bits per heavy atom. The Balaban J connectivity index is 1.71. The summed E-state index contributed by atoms with van der Waals surface area (Å²) >= 11 is 0. The fourth-order valence-electron chi connectivity index (χ4n) is 4.46. The number of aryl methyl sites for hydroxylation is 2. The topological polar surface area (TPSA) is 9.23 Å². The largest absolute Gasteiger partial charge is 0.375 e. The Morgan fingerprint density at radius 1 is 1.18 bits per heavy atom. The molecule has 1 unspecified atom stereocenters. The minimum atomic E-state index is -0.0642. The van der Waals surface area contributed by atoms with Crippen molar-refractivity contribution in [3.05, 3.63) is 35.1 Å². The molecule has 1 saturated heterocycles. The Bertz CT molecular complexity index is 484. The number of halogens is 1. The van der Waals surface area contributed by atoms with E-state index < -0.39 is 0 Å². The van der Waals surface area contributed by atoms with Crippen molar-refractivity contribution in [3.8, 4) is 0 Å². The van der Waals surface area contributed by atoms with Crippen LogP contribution in [-0.4, -0.2) is 12.2 Å². The second-order valence-corrected chi connectivity index (χ2v) is 7.13. The van der Waals surface area contributed by atoms with Gasteiger partial charge in [0, 0.05) is 6.61 Å². The molecule has 1 aromatic carbocycles. The molecule has 0 N–H and O–H groups in total. The molecule has 2 aliphatic rings. The molecule has 1 saturated carbocycles. The highest BCUT2D eigenvalue weighted by Crippen LogP contribution is 2.44. The first-order valence-corrected chi connectivity index (χ1v) is 9.15. The van der Waals surface area contributed by atoms with Crippen molar-refractivity contribution in [2.45, 2.75) is 76.7 Å². The van der Waals surface area contributed by atoms with Crippen molar-refractivity contribution in [3.63, 3.8) is 0 Å². The van der Waals surface area contributed by atoms with E-state index in [0.717, 1.165) is 37.4 Å². The fraction of sp³-hybridized carbons (Fsp3) is 0.700. The summed E-state index contributed by atoms with van der Waals surface area (Å²) in [6, 6.07) is 5.65. The summed E-state index contributed by atoms with van der Waals surface area (Å²) in [6.45, 7) is 2.95. The van der Waals surface area contributed by atoms with Crippen molar-refractivity contribution >= 4 is 0 Å². The van der Waals surface area contributed by atoms with E-state index in [4.69, 9.17) is 4.74 Å². The number of hydrogen-bond acceptors (Lipinski definition) is 1. The molecule has 1 aromatic rings. The Morgan fingerprint density at radius 3 is 2.68 bits per heavy atom. The van der Waals surface area contributed by atoms with Crippen molar-refractivity contribution in [2.24, 2.45) is 5.92 Å². The van der Waals surface area contributed by atoms with Crippen LogP contribution in [0.15, 0.2) is 18.2 Å². The Kier molecular flexibility index (Phi) is 5.18. The van der Waals surface area contributed by atoms with Gasteiger partial charge in [-0.05, 0) is 74.5 Å². The van der Waals surface area contributed by atoms with Crippen molar-refractivity contribution in [1.29, 1.82) is 0 Å². The zero-order valence-electron chi connectivity index (χ0n) is 13.9. The lowest BCUT2D eigenvalue weighted by atomic mass is 9.76. The third-order valence-electron chi connectivity index (χ3n) is 5.81. The maximum absolute atomic E-state index is 13.7. The van der Waals surface area contributed by atoms with Crippen LogP contribution in [0.25, 0.3) is 0 Å². The molecule has 1 heterocycles. The molecule has 2 heteroatoms. The van der Waals surface area contributed by atoms with Gasteiger partial charge >= 0.3 is 0 Å². The molecule has 0 radical (unpaired) electrons. The van der Waals surface area contributed by atoms with Crippen LogP contribution in [-0.2, 0) is 17.6 Å². The first-order valence-electron chi connectivity index (χ1n) is 9.15. The molecule has 0 aromatic heterocycles. The Hall–Kier alpha value is -0.890. The highest BCUT2D eigenvalue weighted by atomic mass is 19.1. The maximum atomic E-state index is 13.7. The first-order chi connectivity index (χ1) is 10.7. The van der Waals surface area contributed by atoms with E-state index in [1.165, 1.54) is 50.5 Å². The van der Waals surface area contributed by atoms with Gasteiger partial charge in [0.15, 0.2) is 0 Å². The minimum absolute atomic E-state index is 0.0642. The van der Waals surface area contributed by atoms with Gasteiger partial charge in [-0.2, -0.15) is 0 Å². The summed E-state index contributed by atoms with van der Waals surface area (Å²) in [5, 5.41) is 0. The van der Waals surface area contributed by atoms with Gasteiger partial charge < -0.3 is 4.74 Å². The molecular weight excluding hydrogens is 275 g/mol. The third-order valence-corrected chi connectivity index (χ3v) is 5.81. The lowest BCUT2D eigenvalue weighted by Crippen LogP contribution is -2.43. The van der Waals surface area contributed by atoms with Crippen LogP contribution < -0.4 is 0 Å². The van der Waals surface area contributed by atoms with E-state index in [2.05, 4.69) is 6.07 Å². The van der Waals surface area contributed by atoms with E-state index in [1.54, 1.807) is 6.07 Å². The standard InChI is InChI=1S/C20H29FO/c1-2-17-15-16(9-10-19(17)21)11-13-20(12-5-6-14-22-20)18-7-3-4-8-18/h9-10,15,18H,2-8,11-14H2,1H3. The normalized spacial score (nSPS) is 26.5. The molecule has 1 nitrogen and oxygen atoms in total. The number of ether oxygens (including phenoxy) is 1. The van der Waals surface area contributed by atoms with Gasteiger partial charge in [0.2, 0.25) is 0 Å². The second kappa shape index (κ2) is 7.12. The summed E-state index contributed by atoms with van der Waals surface area (Å²) in [6.07, 6.45) is 12.0. The van der Waals surface area contributed by atoms with Gasteiger partial charge in [-0.15, -0.1) is 0 Å². The van der Waals surface area contributed by atoms with Gasteiger partial charge in [0.25, 0.3) is 0 Å². The third kappa shape index (κ3) is 3.37. The van der Waals surface area contributed by atoms with E-state index >= 15 is 0 Å². The quantitative estimate of drug-likeness (QED) is 0.703. The smallest absolute Gasteiger partial charge is 0.126 e. The van der Waals surface area contributed by atoms with Gasteiger partial charge in [-0.3, -0.25) is 0 Å². The van der Waals surface area contributed by atoms with Crippen LogP contribution in [0.4, 0.5) is 4.39 Å². The summed E-state index contributed by atoms with van der Waals surface area (Å²) in [5.41, 5.74) is 2.22. The van der Waals surface area contributed by atoms with Gasteiger partial charge in [-0.25, -0.2) is 4.39 Å². The van der Waals surface area contributed by atoms with Crippen LogP contribution in [0, 0.1) is 11.7 Å². The van der Waals surface area contributed by atoms with Crippen molar-refractivity contribution in [1.82, 2.24) is 0 Å². The predicted octanol–water partition coefficient (Wildman–Crippen LogP) is 5.45. The molecule has 3 rings (SSSR count). The lowest BCUT2D eigenvalue weighted by molar-refractivity contribution is -0.120. The fourth-order valence-corrected chi connectivity index (χ4v) is 4.46. The SMILES string of the molecule is CCc1cc(CCC2(C3CCCC3)CCCCO2)ccc1F. The van der Waals surface area contributed by atoms with Gasteiger partial charge in [0.05, 0.1) is 5.60 Å². The molecule has 0 amide bonds. The van der Waals surface area contributed by atoms with Crippen LogP contribution >= 0.6 is 0 Å². The van der Waals surface area contributed by atoms with Gasteiger partial charge in [-0.1, -0.05) is 31.9 Å². The van der Waals surface area contributed by atoms with Crippen LogP contribution in [0.1, 0.15) is 69.4 Å². The van der Waals surface area contributed by atoms with E-state index in [-0.39, 0.29) is 11.4 Å². The van der Waals surface area contributed by atoms with Crippen LogP contribution in [0.2, 0.25) is 0 Å². The number of hydrogen-bond donors (Lipinski definition) is 0. The molecule has 0 spiro atoms.